The van der Waals surface area contributed by atoms with E-state index in [9.17, 15) is 4.79 Å². The number of aromatic nitrogens is 2. The molecule has 1 aromatic heterocycles. The fourth-order valence-corrected chi connectivity index (χ4v) is 5.61. The summed E-state index contributed by atoms with van der Waals surface area (Å²) in [4.78, 5) is 26.1. The second kappa shape index (κ2) is 11.5. The molecule has 1 N–H and O–H groups in total. The molecule has 7 heteroatoms. The molecule has 0 fully saturated rings. The fraction of sp³-hybridized carbons (Fsp3) is 0.433. The van der Waals surface area contributed by atoms with Gasteiger partial charge in [0.15, 0.2) is 0 Å². The lowest BCUT2D eigenvalue weighted by molar-refractivity contribution is 0.0386. The van der Waals surface area contributed by atoms with Gasteiger partial charge in [-0.25, -0.2) is 4.98 Å². The molecule has 196 valence electrons. The molecule has 0 radical (unpaired) electrons. The Kier molecular flexibility index (Phi) is 8.42. The average Bonchev–Trinajstić information content (AvgIpc) is 2.84. The van der Waals surface area contributed by atoms with Crippen LogP contribution in [0.5, 0.6) is 5.88 Å². The molecule has 2 heterocycles. The number of ether oxygens (including phenoxy) is 1. The molecule has 0 aliphatic carbocycles. The van der Waals surface area contributed by atoms with Crippen LogP contribution in [0.3, 0.4) is 0 Å². The van der Waals surface area contributed by atoms with E-state index in [-0.39, 0.29) is 18.1 Å². The summed E-state index contributed by atoms with van der Waals surface area (Å²) in [6.45, 7) is 13.0. The van der Waals surface area contributed by atoms with Gasteiger partial charge >= 0.3 is 0 Å². The van der Waals surface area contributed by atoms with Gasteiger partial charge < -0.3 is 9.64 Å². The van der Waals surface area contributed by atoms with Crippen molar-refractivity contribution in [3.05, 3.63) is 65.2 Å². The first-order valence-corrected chi connectivity index (χ1v) is 13.9. The number of likely N-dealkylation sites (N-methyl/N-ethyl adjacent to an activating group) is 1. The number of carbonyl (C=O) groups is 1. The number of hydrogen-bond donors (Lipinski definition) is 1. The quantitative estimate of drug-likeness (QED) is 0.361. The van der Waals surface area contributed by atoms with Gasteiger partial charge in [0.1, 0.15) is 6.10 Å². The maximum absolute atomic E-state index is 13.6. The van der Waals surface area contributed by atoms with Crippen LogP contribution in [0.1, 0.15) is 62.0 Å². The lowest BCUT2D eigenvalue weighted by Crippen LogP contribution is -2.48. The van der Waals surface area contributed by atoms with Gasteiger partial charge in [0.05, 0.1) is 11.7 Å². The first kappa shape index (κ1) is 27.0. The van der Waals surface area contributed by atoms with E-state index >= 15 is 0 Å². The number of anilines is 1. The first-order valence-electron chi connectivity index (χ1n) is 13.0. The summed E-state index contributed by atoms with van der Waals surface area (Å²) in [7, 11) is 1.90. The third kappa shape index (κ3) is 6.45. The number of nitrogens with zero attached hydrogens (tertiary/aromatic N) is 3. The number of hydrogen-bond acceptors (Lipinski definition) is 6. The molecule has 37 heavy (non-hydrogen) atoms. The number of nitrogens with one attached hydrogen (secondary N) is 1. The minimum Gasteiger partial charge on any atom is -0.472 e. The second-order valence-corrected chi connectivity index (χ2v) is 11.7. The number of rotatable bonds is 5. The van der Waals surface area contributed by atoms with Gasteiger partial charge in [0.2, 0.25) is 11.8 Å². The lowest BCUT2D eigenvalue weighted by atomic mass is 9.92. The van der Waals surface area contributed by atoms with Crippen molar-refractivity contribution in [1.82, 2.24) is 14.9 Å². The highest BCUT2D eigenvalue weighted by Crippen LogP contribution is 2.32. The topological polar surface area (TPSA) is 67.4 Å². The van der Waals surface area contributed by atoms with E-state index in [1.165, 1.54) is 11.9 Å². The van der Waals surface area contributed by atoms with Crippen LogP contribution in [0.4, 0.5) is 5.95 Å². The van der Waals surface area contributed by atoms with E-state index < -0.39 is 0 Å². The molecule has 0 saturated carbocycles. The standard InChI is InChI=1S/C30H38N4O2S/c1-18(2)14-25-26(15-19(3)4)36-27-17-24(28-20(5)10-8-11-21(28)6)31-30(32-27)33-37-23-13-9-12-22(16-23)29(35)34(25)7/h8-13,16-19,25-26H,14-15H2,1-7H3,(H,31,32,33)/t25-,26+/m1/s1. The SMILES string of the molecule is Cc1cccc(C)c1-c1cc2nc(n1)NSc1cccc(c1)C(=O)N(C)[C@H](CC(C)C)[C@H](CC(C)C)O2. The summed E-state index contributed by atoms with van der Waals surface area (Å²) in [6.07, 6.45) is 1.41. The molecule has 2 aromatic carbocycles. The minimum absolute atomic E-state index is 0.00118. The van der Waals surface area contributed by atoms with Crippen molar-refractivity contribution in [2.75, 3.05) is 11.8 Å². The summed E-state index contributed by atoms with van der Waals surface area (Å²) >= 11 is 1.39. The highest BCUT2D eigenvalue weighted by atomic mass is 32.2. The van der Waals surface area contributed by atoms with Crippen LogP contribution < -0.4 is 9.46 Å². The Morgan fingerprint density at radius 3 is 2.32 bits per heavy atom. The number of fused-ring (bicyclic) bond motifs is 4. The van der Waals surface area contributed by atoms with Crippen LogP contribution >= 0.6 is 11.9 Å². The first-order chi connectivity index (χ1) is 17.6. The van der Waals surface area contributed by atoms with E-state index in [0.29, 0.717) is 29.2 Å². The Labute approximate surface area is 225 Å². The smallest absolute Gasteiger partial charge is 0.254 e. The minimum atomic E-state index is -0.221. The van der Waals surface area contributed by atoms with Gasteiger partial charge in [-0.1, -0.05) is 52.0 Å². The monoisotopic (exact) mass is 518 g/mol. The maximum Gasteiger partial charge on any atom is 0.254 e. The second-order valence-electron chi connectivity index (χ2n) is 10.8. The molecule has 4 bridgehead atoms. The van der Waals surface area contributed by atoms with Crippen LogP contribution in [0, 0.1) is 25.7 Å². The van der Waals surface area contributed by atoms with Crippen LogP contribution in [0.2, 0.25) is 0 Å². The maximum atomic E-state index is 13.6. The lowest BCUT2D eigenvalue weighted by Gasteiger charge is -2.36. The molecular weight excluding hydrogens is 480 g/mol. The molecule has 1 aliphatic heterocycles. The molecule has 6 nitrogen and oxygen atoms in total. The predicted molar refractivity (Wildman–Crippen MR) is 152 cm³/mol. The molecule has 0 unspecified atom stereocenters. The summed E-state index contributed by atoms with van der Waals surface area (Å²) in [5, 5.41) is 0. The van der Waals surface area contributed by atoms with Gasteiger partial charge in [-0.3, -0.25) is 9.52 Å². The van der Waals surface area contributed by atoms with Crippen molar-refractivity contribution < 1.29 is 9.53 Å². The third-order valence-electron chi connectivity index (χ3n) is 6.72. The Morgan fingerprint density at radius 2 is 1.65 bits per heavy atom. The normalized spacial score (nSPS) is 18.1. The van der Waals surface area contributed by atoms with Gasteiger partial charge in [0, 0.05) is 29.1 Å². The summed E-state index contributed by atoms with van der Waals surface area (Å²) in [6, 6.07) is 15.8. The highest BCUT2D eigenvalue weighted by Gasteiger charge is 2.33. The predicted octanol–water partition coefficient (Wildman–Crippen LogP) is 7.17. The third-order valence-corrected chi connectivity index (χ3v) is 7.49. The van der Waals surface area contributed by atoms with Gasteiger partial charge in [0.25, 0.3) is 5.91 Å². The van der Waals surface area contributed by atoms with Crippen LogP contribution in [-0.4, -0.2) is 40.0 Å². The van der Waals surface area contributed by atoms with E-state index in [1.807, 2.05) is 42.3 Å². The molecule has 3 aromatic rings. The van der Waals surface area contributed by atoms with Crippen molar-refractivity contribution in [2.45, 2.75) is 71.4 Å². The molecule has 1 aliphatic rings. The van der Waals surface area contributed by atoms with Crippen molar-refractivity contribution in [2.24, 2.45) is 11.8 Å². The van der Waals surface area contributed by atoms with E-state index in [4.69, 9.17) is 14.7 Å². The van der Waals surface area contributed by atoms with Gasteiger partial charge in [-0.15, -0.1) is 0 Å². The number of benzene rings is 2. The zero-order valence-corrected chi connectivity index (χ0v) is 23.7. The molecular formula is C30H38N4O2S. The molecule has 0 saturated heterocycles. The summed E-state index contributed by atoms with van der Waals surface area (Å²) in [5.74, 6) is 1.77. The van der Waals surface area contributed by atoms with Crippen LogP contribution in [0.25, 0.3) is 11.3 Å². The van der Waals surface area contributed by atoms with E-state index in [1.54, 1.807) is 0 Å². The number of aryl methyl sites for hydroxylation is 2. The summed E-state index contributed by atoms with van der Waals surface area (Å²) in [5.41, 5.74) is 4.86. The molecule has 4 rings (SSSR count). The Hall–Kier alpha value is -3.06. The Balaban J connectivity index is 1.88. The highest BCUT2D eigenvalue weighted by molar-refractivity contribution is 8.00. The van der Waals surface area contributed by atoms with Crippen molar-refractivity contribution in [1.29, 1.82) is 0 Å². The largest absolute Gasteiger partial charge is 0.472 e. The number of amides is 1. The zero-order valence-electron chi connectivity index (χ0n) is 22.9. The average molecular weight is 519 g/mol. The van der Waals surface area contributed by atoms with E-state index in [0.717, 1.165) is 40.1 Å². The van der Waals surface area contributed by atoms with Crippen LogP contribution in [-0.2, 0) is 0 Å². The van der Waals surface area contributed by atoms with Crippen LogP contribution in [0.15, 0.2) is 53.4 Å². The summed E-state index contributed by atoms with van der Waals surface area (Å²) < 4.78 is 10.0. The van der Waals surface area contributed by atoms with Crippen molar-refractivity contribution >= 4 is 23.8 Å². The van der Waals surface area contributed by atoms with Crippen molar-refractivity contribution in [3.63, 3.8) is 0 Å². The van der Waals surface area contributed by atoms with Crippen molar-refractivity contribution in [3.8, 4) is 17.1 Å². The fourth-order valence-electron chi connectivity index (χ4n) is 4.97. The molecule has 1 amide bonds. The Bertz CT molecular complexity index is 1240. The Morgan fingerprint density at radius 1 is 0.973 bits per heavy atom. The van der Waals surface area contributed by atoms with Gasteiger partial charge in [-0.2, -0.15) is 4.98 Å². The van der Waals surface area contributed by atoms with Gasteiger partial charge in [-0.05, 0) is 79.8 Å². The molecule has 0 spiro atoms. The molecule has 2 atom stereocenters. The zero-order chi connectivity index (χ0) is 26.7. The number of carbonyl (C=O) groups excluding carboxylic acids is 1. The van der Waals surface area contributed by atoms with E-state index in [2.05, 4.69) is 64.5 Å².